The molecule has 0 unspecified atom stereocenters. The zero-order valence-electron chi connectivity index (χ0n) is 15.2. The van der Waals surface area contributed by atoms with E-state index in [1.807, 2.05) is 6.26 Å². The molecule has 0 atom stereocenters. The first-order valence-corrected chi connectivity index (χ1v) is 11.4. The van der Waals surface area contributed by atoms with Crippen LogP contribution in [0.2, 0.25) is 0 Å². The monoisotopic (exact) mass is 413 g/mol. The lowest BCUT2D eigenvalue weighted by atomic mass is 10.2. The topological polar surface area (TPSA) is 87.2 Å². The van der Waals surface area contributed by atoms with Gasteiger partial charge in [-0.2, -0.15) is 4.31 Å². The van der Waals surface area contributed by atoms with Gasteiger partial charge >= 0.3 is 0 Å². The number of piperazine rings is 1. The Morgan fingerprint density at radius 3 is 2.37 bits per heavy atom. The van der Waals surface area contributed by atoms with Crippen LogP contribution in [0, 0.1) is 0 Å². The maximum atomic E-state index is 13.0. The molecule has 2 aliphatic rings. The summed E-state index contributed by atoms with van der Waals surface area (Å²) >= 11 is 1.41. The number of morpholine rings is 1. The van der Waals surface area contributed by atoms with E-state index in [0.29, 0.717) is 45.0 Å². The van der Waals surface area contributed by atoms with E-state index in [9.17, 15) is 18.0 Å². The molecule has 2 aliphatic heterocycles. The number of amides is 2. The van der Waals surface area contributed by atoms with E-state index in [1.165, 1.54) is 22.1 Å². The van der Waals surface area contributed by atoms with Crippen molar-refractivity contribution in [2.45, 2.75) is 9.79 Å². The molecule has 3 rings (SSSR count). The molecule has 148 valence electrons. The molecule has 27 heavy (non-hydrogen) atoms. The Morgan fingerprint density at radius 1 is 1.11 bits per heavy atom. The summed E-state index contributed by atoms with van der Waals surface area (Å²) in [4.78, 5) is 27.8. The van der Waals surface area contributed by atoms with Gasteiger partial charge in [-0.1, -0.05) is 0 Å². The molecule has 2 saturated heterocycles. The molecule has 0 spiro atoms. The molecule has 1 aromatic rings. The summed E-state index contributed by atoms with van der Waals surface area (Å²) in [6.07, 6.45) is 2.59. The Morgan fingerprint density at radius 2 is 1.78 bits per heavy atom. The minimum atomic E-state index is -3.72. The van der Waals surface area contributed by atoms with Crippen molar-refractivity contribution in [3.63, 3.8) is 0 Å². The lowest BCUT2D eigenvalue weighted by Gasteiger charge is -2.32. The number of carbonyl (C=O) groups excluding carboxylic acids is 2. The second-order valence-electron chi connectivity index (χ2n) is 6.31. The number of nitrogens with zero attached hydrogens (tertiary/aromatic N) is 3. The fourth-order valence-electron chi connectivity index (χ4n) is 3.15. The largest absolute Gasteiger partial charge is 0.378 e. The van der Waals surface area contributed by atoms with Gasteiger partial charge in [0.2, 0.25) is 16.4 Å². The predicted octanol–water partition coefficient (Wildman–Crippen LogP) is 0.344. The Kier molecular flexibility index (Phi) is 6.40. The van der Waals surface area contributed by atoms with Crippen LogP contribution >= 0.6 is 11.8 Å². The van der Waals surface area contributed by atoms with Crippen LogP contribution < -0.4 is 0 Å². The highest BCUT2D eigenvalue weighted by Crippen LogP contribution is 2.27. The highest BCUT2D eigenvalue weighted by molar-refractivity contribution is 7.98. The maximum Gasteiger partial charge on any atom is 0.255 e. The average Bonchev–Trinajstić information content (AvgIpc) is 2.73. The second kappa shape index (κ2) is 8.59. The third kappa shape index (κ3) is 4.29. The van der Waals surface area contributed by atoms with Gasteiger partial charge in [0.15, 0.2) is 0 Å². The minimum Gasteiger partial charge on any atom is -0.378 e. The van der Waals surface area contributed by atoms with Crippen LogP contribution in [-0.2, 0) is 19.6 Å². The first kappa shape index (κ1) is 20.1. The molecule has 1 aromatic carbocycles. The summed E-state index contributed by atoms with van der Waals surface area (Å²) < 4.78 is 32.7. The molecular weight excluding hydrogens is 390 g/mol. The van der Waals surface area contributed by atoms with Crippen LogP contribution in [0.5, 0.6) is 0 Å². The Hall–Kier alpha value is -1.62. The van der Waals surface area contributed by atoms with Crippen LogP contribution in [0.15, 0.2) is 28.0 Å². The first-order chi connectivity index (χ1) is 13.0. The summed E-state index contributed by atoms with van der Waals surface area (Å²) in [5.41, 5.74) is 0.400. The molecule has 2 heterocycles. The third-order valence-corrected chi connectivity index (χ3v) is 7.45. The molecule has 0 aliphatic carbocycles. The minimum absolute atomic E-state index is 0.108. The quantitative estimate of drug-likeness (QED) is 0.511. The highest BCUT2D eigenvalue weighted by atomic mass is 32.2. The Labute approximate surface area is 163 Å². The van der Waals surface area contributed by atoms with Crippen molar-refractivity contribution in [3.8, 4) is 0 Å². The van der Waals surface area contributed by atoms with Gasteiger partial charge in [-0.15, -0.1) is 11.8 Å². The van der Waals surface area contributed by atoms with Crippen molar-refractivity contribution < 1.29 is 22.7 Å². The van der Waals surface area contributed by atoms with Crippen molar-refractivity contribution in [1.82, 2.24) is 14.1 Å². The zero-order chi connectivity index (χ0) is 19.4. The fraction of sp³-hybridized carbons (Fsp3) is 0.529. The lowest BCUT2D eigenvalue weighted by Crippen LogP contribution is -2.48. The van der Waals surface area contributed by atoms with Crippen molar-refractivity contribution >= 4 is 34.1 Å². The summed E-state index contributed by atoms with van der Waals surface area (Å²) in [7, 11) is -3.72. The third-order valence-electron chi connectivity index (χ3n) is 4.76. The molecule has 10 heteroatoms. The van der Waals surface area contributed by atoms with E-state index in [4.69, 9.17) is 4.74 Å². The number of ether oxygens (including phenoxy) is 1. The van der Waals surface area contributed by atoms with E-state index in [0.717, 1.165) is 11.3 Å². The number of hydrogen-bond donors (Lipinski definition) is 0. The molecule has 8 nitrogen and oxygen atoms in total. The number of hydrogen-bond acceptors (Lipinski definition) is 6. The summed E-state index contributed by atoms with van der Waals surface area (Å²) in [6.45, 7) is 3.19. The smallest absolute Gasteiger partial charge is 0.255 e. The molecule has 0 aromatic heterocycles. The number of benzene rings is 1. The summed E-state index contributed by atoms with van der Waals surface area (Å²) in [5.74, 6) is -0.175. The fourth-order valence-corrected chi connectivity index (χ4v) is 5.17. The zero-order valence-corrected chi connectivity index (χ0v) is 16.8. The van der Waals surface area contributed by atoms with Crippen LogP contribution in [-0.4, -0.2) is 93.6 Å². The average molecular weight is 414 g/mol. The normalized spacial score (nSPS) is 19.1. The standard InChI is InChI=1S/C17H23N3O5S2/c1-26-16-3-2-14(12-15(16)17(22)19-8-10-25-11-9-19)27(23,24)20-6-4-18(13-21)5-7-20/h2-3,12-13H,4-11H2,1H3. The van der Waals surface area contributed by atoms with Gasteiger partial charge in [-0.3, -0.25) is 9.59 Å². The van der Waals surface area contributed by atoms with Gasteiger partial charge in [0.1, 0.15) is 0 Å². The van der Waals surface area contributed by atoms with Crippen molar-refractivity contribution in [3.05, 3.63) is 23.8 Å². The molecule has 2 fully saturated rings. The van der Waals surface area contributed by atoms with Gasteiger partial charge in [-0.05, 0) is 24.5 Å². The second-order valence-corrected chi connectivity index (χ2v) is 9.10. The van der Waals surface area contributed by atoms with E-state index in [-0.39, 0.29) is 23.9 Å². The van der Waals surface area contributed by atoms with E-state index in [1.54, 1.807) is 21.9 Å². The van der Waals surface area contributed by atoms with Gasteiger partial charge in [0.25, 0.3) is 5.91 Å². The Bertz CT molecular complexity index is 801. The molecule has 0 saturated carbocycles. The van der Waals surface area contributed by atoms with Crippen molar-refractivity contribution in [2.24, 2.45) is 0 Å². The molecule has 0 N–H and O–H groups in total. The van der Waals surface area contributed by atoms with Crippen LogP contribution in [0.4, 0.5) is 0 Å². The summed E-state index contributed by atoms with van der Waals surface area (Å²) in [6, 6.07) is 4.71. The van der Waals surface area contributed by atoms with E-state index < -0.39 is 10.0 Å². The molecule has 2 amide bonds. The van der Waals surface area contributed by atoms with E-state index >= 15 is 0 Å². The van der Waals surface area contributed by atoms with Gasteiger partial charge in [0, 0.05) is 44.2 Å². The summed E-state index contributed by atoms with van der Waals surface area (Å²) in [5, 5.41) is 0. The lowest BCUT2D eigenvalue weighted by molar-refractivity contribution is -0.119. The van der Waals surface area contributed by atoms with Gasteiger partial charge in [0.05, 0.1) is 23.7 Å². The highest BCUT2D eigenvalue weighted by Gasteiger charge is 2.30. The number of rotatable bonds is 5. The number of sulfonamides is 1. The SMILES string of the molecule is CSc1ccc(S(=O)(=O)N2CCN(C=O)CC2)cc1C(=O)N1CCOCC1. The molecule has 0 bridgehead atoms. The van der Waals surface area contributed by atoms with Gasteiger partial charge < -0.3 is 14.5 Å². The van der Waals surface area contributed by atoms with Gasteiger partial charge in [-0.25, -0.2) is 8.42 Å². The van der Waals surface area contributed by atoms with E-state index in [2.05, 4.69) is 0 Å². The molecule has 0 radical (unpaired) electrons. The molecular formula is C17H23N3O5S2. The Balaban J connectivity index is 1.87. The first-order valence-electron chi connectivity index (χ1n) is 8.72. The van der Waals surface area contributed by atoms with Crippen molar-refractivity contribution in [2.75, 3.05) is 58.7 Å². The maximum absolute atomic E-state index is 13.0. The number of thioether (sulfide) groups is 1. The van der Waals surface area contributed by atoms with Crippen molar-refractivity contribution in [1.29, 1.82) is 0 Å². The van der Waals surface area contributed by atoms with Crippen LogP contribution in [0.3, 0.4) is 0 Å². The van der Waals surface area contributed by atoms with Crippen LogP contribution in [0.25, 0.3) is 0 Å². The number of carbonyl (C=O) groups is 2. The van der Waals surface area contributed by atoms with Crippen LogP contribution in [0.1, 0.15) is 10.4 Å². The predicted molar refractivity (Wildman–Crippen MR) is 101 cm³/mol.